The number of hydrogen-bond acceptors (Lipinski definition) is 4. The number of pyridine rings is 1. The van der Waals surface area contributed by atoms with Crippen LogP contribution in [0, 0.1) is 0 Å². The first-order valence-electron chi connectivity index (χ1n) is 8.66. The van der Waals surface area contributed by atoms with Gasteiger partial charge in [0.25, 0.3) is 0 Å². The molecule has 6 nitrogen and oxygen atoms in total. The topological polar surface area (TPSA) is 67.8 Å². The summed E-state index contributed by atoms with van der Waals surface area (Å²) in [6, 6.07) is 9.92. The zero-order chi connectivity index (χ0) is 20.4. The third kappa shape index (κ3) is 8.34. The van der Waals surface area contributed by atoms with Gasteiger partial charge in [0.1, 0.15) is 12.4 Å². The summed E-state index contributed by atoms with van der Waals surface area (Å²) >= 11 is 0. The van der Waals surface area contributed by atoms with Crippen molar-refractivity contribution in [1.29, 1.82) is 0 Å². The van der Waals surface area contributed by atoms with Crippen LogP contribution in [-0.4, -0.2) is 44.8 Å². The second-order valence-electron chi connectivity index (χ2n) is 5.72. The van der Waals surface area contributed by atoms with E-state index in [0.717, 1.165) is 30.0 Å². The molecule has 2 aromatic rings. The zero-order valence-electron chi connectivity index (χ0n) is 16.1. The molecule has 0 amide bonds. The summed E-state index contributed by atoms with van der Waals surface area (Å²) in [7, 11) is 3.29. The van der Waals surface area contributed by atoms with Crippen molar-refractivity contribution < 1.29 is 22.6 Å². The number of halogens is 4. The van der Waals surface area contributed by atoms with Crippen molar-refractivity contribution in [3.05, 3.63) is 53.7 Å². The van der Waals surface area contributed by atoms with E-state index in [4.69, 9.17) is 9.47 Å². The van der Waals surface area contributed by atoms with Gasteiger partial charge >= 0.3 is 6.18 Å². The summed E-state index contributed by atoms with van der Waals surface area (Å²) in [6.07, 6.45) is -2.90. The van der Waals surface area contributed by atoms with E-state index in [0.29, 0.717) is 19.0 Å². The SMILES string of the molecule is CN=C(NCCOc1ccc(C(F)(F)F)cn1)NCCc1ccccc1OC.I. The molecule has 29 heavy (non-hydrogen) atoms. The second kappa shape index (κ2) is 12.3. The number of ether oxygens (including phenoxy) is 2. The molecule has 0 fully saturated rings. The van der Waals surface area contributed by atoms with Gasteiger partial charge in [-0.15, -0.1) is 24.0 Å². The van der Waals surface area contributed by atoms with Gasteiger partial charge in [-0.25, -0.2) is 4.98 Å². The molecule has 1 heterocycles. The number of nitrogens with one attached hydrogen (secondary N) is 2. The number of methoxy groups -OCH3 is 1. The summed E-state index contributed by atoms with van der Waals surface area (Å²) in [6.45, 7) is 1.30. The van der Waals surface area contributed by atoms with E-state index in [1.165, 1.54) is 6.07 Å². The van der Waals surface area contributed by atoms with Crippen molar-refractivity contribution in [2.75, 3.05) is 33.9 Å². The predicted molar refractivity (Wildman–Crippen MR) is 116 cm³/mol. The van der Waals surface area contributed by atoms with Crippen LogP contribution < -0.4 is 20.1 Å². The Bertz CT molecular complexity index is 771. The molecule has 0 saturated heterocycles. The Morgan fingerprint density at radius 3 is 2.45 bits per heavy atom. The minimum absolute atomic E-state index is 0. The van der Waals surface area contributed by atoms with Gasteiger partial charge in [-0.2, -0.15) is 13.2 Å². The van der Waals surface area contributed by atoms with Crippen LogP contribution in [0.25, 0.3) is 0 Å². The normalized spacial score (nSPS) is 11.4. The molecule has 0 spiro atoms. The number of rotatable bonds is 8. The molecule has 2 N–H and O–H groups in total. The summed E-state index contributed by atoms with van der Waals surface area (Å²) in [5.74, 6) is 1.57. The Kier molecular flexibility index (Phi) is 10.6. The standard InChI is InChI=1S/C19H23F3N4O2.HI/c1-23-18(24-10-9-14-5-3-4-6-16(14)27-2)25-11-12-28-17-8-7-15(13-26-17)19(20,21)22;/h3-8,13H,9-12H2,1-2H3,(H2,23,24,25);1H. The van der Waals surface area contributed by atoms with Crippen molar-refractivity contribution >= 4 is 29.9 Å². The van der Waals surface area contributed by atoms with Crippen LogP contribution in [0.5, 0.6) is 11.6 Å². The van der Waals surface area contributed by atoms with Crippen molar-refractivity contribution in [3.63, 3.8) is 0 Å². The maximum Gasteiger partial charge on any atom is 0.417 e. The van der Waals surface area contributed by atoms with E-state index in [2.05, 4.69) is 20.6 Å². The number of nitrogens with zero attached hydrogens (tertiary/aromatic N) is 2. The highest BCUT2D eigenvalue weighted by molar-refractivity contribution is 14.0. The first-order chi connectivity index (χ1) is 13.4. The second-order valence-corrected chi connectivity index (χ2v) is 5.72. The molecule has 0 radical (unpaired) electrons. The number of benzene rings is 1. The lowest BCUT2D eigenvalue weighted by Gasteiger charge is -2.13. The molecule has 0 bridgehead atoms. The van der Waals surface area contributed by atoms with Gasteiger partial charge in [0.15, 0.2) is 5.96 Å². The molecule has 0 aliphatic heterocycles. The van der Waals surface area contributed by atoms with Gasteiger partial charge < -0.3 is 20.1 Å². The smallest absolute Gasteiger partial charge is 0.417 e. The maximum atomic E-state index is 12.5. The number of para-hydroxylation sites is 1. The minimum Gasteiger partial charge on any atom is -0.496 e. The Labute approximate surface area is 184 Å². The van der Waals surface area contributed by atoms with Crippen LogP contribution in [0.1, 0.15) is 11.1 Å². The molecule has 0 atom stereocenters. The van der Waals surface area contributed by atoms with E-state index in [1.807, 2.05) is 24.3 Å². The number of guanidine groups is 1. The maximum absolute atomic E-state index is 12.5. The molecule has 1 aromatic carbocycles. The monoisotopic (exact) mass is 524 g/mol. The van der Waals surface area contributed by atoms with Gasteiger partial charge in [-0.1, -0.05) is 18.2 Å². The Balaban J connectivity index is 0.00000420. The molecule has 10 heteroatoms. The van der Waals surface area contributed by atoms with Crippen LogP contribution in [0.3, 0.4) is 0 Å². The van der Waals surface area contributed by atoms with E-state index >= 15 is 0 Å². The molecule has 160 valence electrons. The van der Waals surface area contributed by atoms with Gasteiger partial charge in [0.05, 0.1) is 19.2 Å². The van der Waals surface area contributed by atoms with Crippen LogP contribution in [-0.2, 0) is 12.6 Å². The van der Waals surface area contributed by atoms with Crippen molar-refractivity contribution in [2.24, 2.45) is 4.99 Å². The lowest BCUT2D eigenvalue weighted by Crippen LogP contribution is -2.40. The quantitative estimate of drug-likeness (QED) is 0.240. The molecule has 0 unspecified atom stereocenters. The third-order valence-corrected chi connectivity index (χ3v) is 3.81. The Hall–Kier alpha value is -2.24. The van der Waals surface area contributed by atoms with Gasteiger partial charge in [-0.05, 0) is 24.1 Å². The number of aromatic nitrogens is 1. The lowest BCUT2D eigenvalue weighted by atomic mass is 10.1. The van der Waals surface area contributed by atoms with Gasteiger partial charge in [0, 0.05) is 25.9 Å². The summed E-state index contributed by atoms with van der Waals surface area (Å²) in [4.78, 5) is 7.77. The van der Waals surface area contributed by atoms with Gasteiger partial charge in [-0.3, -0.25) is 4.99 Å². The first-order valence-corrected chi connectivity index (χ1v) is 8.66. The predicted octanol–water partition coefficient (Wildman–Crippen LogP) is 3.51. The van der Waals surface area contributed by atoms with Crippen molar-refractivity contribution in [2.45, 2.75) is 12.6 Å². The largest absolute Gasteiger partial charge is 0.496 e. The molecular weight excluding hydrogens is 500 g/mol. The van der Waals surface area contributed by atoms with Crippen molar-refractivity contribution in [1.82, 2.24) is 15.6 Å². The lowest BCUT2D eigenvalue weighted by molar-refractivity contribution is -0.137. The fraction of sp³-hybridized carbons (Fsp3) is 0.368. The number of alkyl halides is 3. The van der Waals surface area contributed by atoms with Crippen molar-refractivity contribution in [3.8, 4) is 11.6 Å². The van der Waals surface area contributed by atoms with E-state index in [9.17, 15) is 13.2 Å². The van der Waals surface area contributed by atoms with Gasteiger partial charge in [0.2, 0.25) is 5.88 Å². The highest BCUT2D eigenvalue weighted by atomic mass is 127. The fourth-order valence-electron chi connectivity index (χ4n) is 2.40. The van der Waals surface area contributed by atoms with Crippen LogP contribution >= 0.6 is 24.0 Å². The Morgan fingerprint density at radius 1 is 1.10 bits per heavy atom. The summed E-state index contributed by atoms with van der Waals surface area (Å²) in [5.41, 5.74) is 0.280. The molecule has 0 aliphatic carbocycles. The third-order valence-electron chi connectivity index (χ3n) is 3.81. The zero-order valence-corrected chi connectivity index (χ0v) is 18.5. The van der Waals surface area contributed by atoms with E-state index in [-0.39, 0.29) is 36.5 Å². The summed E-state index contributed by atoms with van der Waals surface area (Å²) in [5, 5.41) is 6.24. The minimum atomic E-state index is -4.41. The number of hydrogen-bond donors (Lipinski definition) is 2. The van der Waals surface area contributed by atoms with E-state index in [1.54, 1.807) is 14.2 Å². The average molecular weight is 524 g/mol. The molecule has 2 rings (SSSR count). The van der Waals surface area contributed by atoms with Crippen LogP contribution in [0.4, 0.5) is 13.2 Å². The summed E-state index contributed by atoms with van der Waals surface area (Å²) < 4.78 is 48.1. The van der Waals surface area contributed by atoms with Crippen LogP contribution in [0.2, 0.25) is 0 Å². The fourth-order valence-corrected chi connectivity index (χ4v) is 2.40. The number of aliphatic imine (C=N–C) groups is 1. The first kappa shape index (κ1) is 24.8. The molecule has 0 saturated carbocycles. The Morgan fingerprint density at radius 2 is 1.83 bits per heavy atom. The molecule has 0 aliphatic rings. The highest BCUT2D eigenvalue weighted by Crippen LogP contribution is 2.29. The van der Waals surface area contributed by atoms with Crippen LogP contribution in [0.15, 0.2) is 47.6 Å². The molecule has 1 aromatic heterocycles. The van der Waals surface area contributed by atoms with E-state index < -0.39 is 11.7 Å². The highest BCUT2D eigenvalue weighted by Gasteiger charge is 2.30. The molecular formula is C19H24F3IN4O2. The average Bonchev–Trinajstić information content (AvgIpc) is 2.69.